The van der Waals surface area contributed by atoms with Gasteiger partial charge in [0.25, 0.3) is 0 Å². The lowest BCUT2D eigenvalue weighted by atomic mass is 9.49. The normalized spacial score (nSPS) is 31.0. The largest absolute Gasteiger partial charge is 0.330 e. The molecule has 4 nitrogen and oxygen atoms in total. The molecule has 7 rings (SSSR count). The maximum atomic E-state index is 14.1. The highest BCUT2D eigenvalue weighted by atomic mass is 32.1. The summed E-state index contributed by atoms with van der Waals surface area (Å²) >= 11 is 1.72. The van der Waals surface area contributed by atoms with Crippen molar-refractivity contribution in [2.45, 2.75) is 70.9 Å². The fourth-order valence-electron chi connectivity index (χ4n) is 7.99. The van der Waals surface area contributed by atoms with Crippen molar-refractivity contribution in [2.24, 2.45) is 23.2 Å². The second-order valence-electron chi connectivity index (χ2n) is 11.8. The zero-order valence-electron chi connectivity index (χ0n) is 20.7. The molecule has 35 heavy (non-hydrogen) atoms. The van der Waals surface area contributed by atoms with Crippen LogP contribution in [0.1, 0.15) is 74.4 Å². The van der Waals surface area contributed by atoms with E-state index in [1.165, 1.54) is 36.3 Å². The Balaban J connectivity index is 1.27. The molecule has 1 aliphatic heterocycles. The van der Waals surface area contributed by atoms with Crippen LogP contribution in [0.5, 0.6) is 0 Å². The molecular weight excluding hydrogens is 459 g/mol. The van der Waals surface area contributed by atoms with Crippen molar-refractivity contribution >= 4 is 23.2 Å². The van der Waals surface area contributed by atoms with Gasteiger partial charge in [-0.15, -0.1) is 11.3 Å². The molecule has 4 bridgehead atoms. The molecule has 6 heteroatoms. The Morgan fingerprint density at radius 3 is 2.29 bits per heavy atom. The third-order valence-electron chi connectivity index (χ3n) is 9.15. The first-order valence-corrected chi connectivity index (χ1v) is 14.1. The molecule has 5 aliphatic rings. The van der Waals surface area contributed by atoms with Crippen molar-refractivity contribution in [3.63, 3.8) is 0 Å². The number of nitrogens with zero attached hydrogens (tertiary/aromatic N) is 2. The predicted octanol–water partition coefficient (Wildman–Crippen LogP) is 5.81. The SMILES string of the molecule is CC(C)N(CC(=O)N1CCc2sccc2C1c1ccc(F)cc1)C(=O)C12CC3CC(CC(C3)C1)C2. The summed E-state index contributed by atoms with van der Waals surface area (Å²) in [5.74, 6) is 2.00. The lowest BCUT2D eigenvalue weighted by Gasteiger charge is -2.57. The molecule has 2 amide bonds. The summed E-state index contributed by atoms with van der Waals surface area (Å²) in [6.07, 6.45) is 7.73. The molecule has 0 spiro atoms. The molecule has 1 atom stereocenters. The van der Waals surface area contributed by atoms with Crippen LogP contribution in [0.15, 0.2) is 35.7 Å². The van der Waals surface area contributed by atoms with Crippen LogP contribution in [0.2, 0.25) is 0 Å². The van der Waals surface area contributed by atoms with E-state index in [9.17, 15) is 14.0 Å². The molecule has 4 saturated carbocycles. The number of halogens is 1. The standard InChI is InChI=1S/C29H35FN2O2S/c1-18(2)32(28(34)29-14-19-11-20(15-29)13-21(12-19)16-29)17-26(33)31-9-7-25-24(8-10-35-25)27(31)22-3-5-23(30)6-4-22/h3-6,8,10,18-21,27H,7,9,11-17H2,1-2H3. The summed E-state index contributed by atoms with van der Waals surface area (Å²) in [6, 6.07) is 8.34. The summed E-state index contributed by atoms with van der Waals surface area (Å²) in [4.78, 5) is 33.1. The zero-order valence-corrected chi connectivity index (χ0v) is 21.5. The van der Waals surface area contributed by atoms with Gasteiger partial charge in [-0.3, -0.25) is 9.59 Å². The van der Waals surface area contributed by atoms with E-state index in [0.29, 0.717) is 24.3 Å². The van der Waals surface area contributed by atoms with Crippen LogP contribution in [-0.2, 0) is 16.0 Å². The lowest BCUT2D eigenvalue weighted by Crippen LogP contribution is -2.57. The van der Waals surface area contributed by atoms with Crippen LogP contribution >= 0.6 is 11.3 Å². The average Bonchev–Trinajstić information content (AvgIpc) is 3.30. The highest BCUT2D eigenvalue weighted by Crippen LogP contribution is 2.60. The highest BCUT2D eigenvalue weighted by molar-refractivity contribution is 7.10. The average molecular weight is 495 g/mol. The number of benzene rings is 1. The summed E-state index contributed by atoms with van der Waals surface area (Å²) < 4.78 is 13.7. The first kappa shape index (κ1) is 23.2. The zero-order chi connectivity index (χ0) is 24.3. The van der Waals surface area contributed by atoms with Crippen LogP contribution in [0.4, 0.5) is 4.39 Å². The number of rotatable bonds is 5. The minimum absolute atomic E-state index is 0.0112. The lowest BCUT2D eigenvalue weighted by molar-refractivity contribution is -0.162. The summed E-state index contributed by atoms with van der Waals surface area (Å²) in [5, 5.41) is 2.08. The molecule has 2 heterocycles. The third kappa shape index (κ3) is 4.02. The second kappa shape index (κ2) is 8.72. The van der Waals surface area contributed by atoms with Gasteiger partial charge in [-0.05, 0) is 111 Å². The van der Waals surface area contributed by atoms with Gasteiger partial charge in [0.15, 0.2) is 0 Å². The van der Waals surface area contributed by atoms with E-state index < -0.39 is 0 Å². The smallest absolute Gasteiger partial charge is 0.243 e. The van der Waals surface area contributed by atoms with E-state index in [2.05, 4.69) is 11.4 Å². The van der Waals surface area contributed by atoms with Crippen molar-refractivity contribution < 1.29 is 14.0 Å². The molecular formula is C29H35FN2O2S. The van der Waals surface area contributed by atoms with E-state index in [4.69, 9.17) is 0 Å². The number of carbonyl (C=O) groups excluding carboxylic acids is 2. The van der Waals surface area contributed by atoms with Gasteiger partial charge in [0, 0.05) is 17.5 Å². The molecule has 2 aromatic rings. The first-order chi connectivity index (χ1) is 16.8. The monoisotopic (exact) mass is 494 g/mol. The van der Waals surface area contributed by atoms with Crippen LogP contribution in [-0.4, -0.2) is 40.7 Å². The Labute approximate surface area is 211 Å². The number of hydrogen-bond acceptors (Lipinski definition) is 3. The summed E-state index contributed by atoms with van der Waals surface area (Å²) in [6.45, 7) is 4.81. The predicted molar refractivity (Wildman–Crippen MR) is 135 cm³/mol. The molecule has 1 aromatic heterocycles. The third-order valence-corrected chi connectivity index (χ3v) is 10.2. The molecule has 0 radical (unpaired) electrons. The Morgan fingerprint density at radius 2 is 1.69 bits per heavy atom. The van der Waals surface area contributed by atoms with Crippen LogP contribution in [0.3, 0.4) is 0 Å². The van der Waals surface area contributed by atoms with Crippen LogP contribution < -0.4 is 0 Å². The fourth-order valence-corrected chi connectivity index (χ4v) is 8.90. The number of carbonyl (C=O) groups is 2. The molecule has 4 fully saturated rings. The number of thiophene rings is 1. The maximum Gasteiger partial charge on any atom is 0.243 e. The topological polar surface area (TPSA) is 40.6 Å². The van der Waals surface area contributed by atoms with E-state index >= 15 is 0 Å². The number of amides is 2. The molecule has 0 saturated heterocycles. The minimum atomic E-state index is -0.278. The number of hydrogen-bond donors (Lipinski definition) is 0. The minimum Gasteiger partial charge on any atom is -0.330 e. The highest BCUT2D eigenvalue weighted by Gasteiger charge is 2.56. The quantitative estimate of drug-likeness (QED) is 0.526. The number of fused-ring (bicyclic) bond motifs is 1. The van der Waals surface area contributed by atoms with Crippen molar-refractivity contribution in [1.82, 2.24) is 9.80 Å². The van der Waals surface area contributed by atoms with Crippen LogP contribution in [0, 0.1) is 29.0 Å². The molecule has 1 aromatic carbocycles. The van der Waals surface area contributed by atoms with Gasteiger partial charge in [0.2, 0.25) is 11.8 Å². The summed E-state index contributed by atoms with van der Waals surface area (Å²) in [5.41, 5.74) is 1.80. The molecule has 186 valence electrons. The van der Waals surface area contributed by atoms with E-state index in [-0.39, 0.29) is 41.7 Å². The Bertz CT molecular complexity index is 1090. The molecule has 0 N–H and O–H groups in total. The first-order valence-electron chi connectivity index (χ1n) is 13.3. The van der Waals surface area contributed by atoms with Gasteiger partial charge in [-0.1, -0.05) is 12.1 Å². The van der Waals surface area contributed by atoms with Gasteiger partial charge in [-0.2, -0.15) is 0 Å². The fraction of sp³-hybridized carbons (Fsp3) is 0.586. The Hall–Kier alpha value is -2.21. The summed E-state index contributed by atoms with van der Waals surface area (Å²) in [7, 11) is 0. The maximum absolute atomic E-state index is 14.1. The second-order valence-corrected chi connectivity index (χ2v) is 12.8. The molecule has 4 aliphatic carbocycles. The van der Waals surface area contributed by atoms with Crippen molar-refractivity contribution in [3.05, 3.63) is 57.5 Å². The van der Waals surface area contributed by atoms with E-state index in [1.807, 2.05) is 23.6 Å². The van der Waals surface area contributed by atoms with Gasteiger partial charge >= 0.3 is 0 Å². The van der Waals surface area contributed by atoms with Gasteiger partial charge in [0.05, 0.1) is 11.5 Å². The Morgan fingerprint density at radius 1 is 1.06 bits per heavy atom. The van der Waals surface area contributed by atoms with Gasteiger partial charge in [0.1, 0.15) is 12.4 Å². The van der Waals surface area contributed by atoms with Crippen molar-refractivity contribution in [3.8, 4) is 0 Å². The van der Waals surface area contributed by atoms with Crippen molar-refractivity contribution in [1.29, 1.82) is 0 Å². The van der Waals surface area contributed by atoms with Crippen LogP contribution in [0.25, 0.3) is 0 Å². The Kier molecular flexibility index (Phi) is 5.78. The molecule has 1 unspecified atom stereocenters. The van der Waals surface area contributed by atoms with Crippen molar-refractivity contribution in [2.75, 3.05) is 13.1 Å². The van der Waals surface area contributed by atoms with E-state index in [0.717, 1.165) is 36.8 Å². The van der Waals surface area contributed by atoms with Gasteiger partial charge < -0.3 is 9.80 Å². The van der Waals surface area contributed by atoms with Gasteiger partial charge in [-0.25, -0.2) is 4.39 Å². The van der Waals surface area contributed by atoms with E-state index in [1.54, 1.807) is 23.5 Å².